The molecule has 3 aromatic rings. The summed E-state index contributed by atoms with van der Waals surface area (Å²) in [6.45, 7) is 1.56. The van der Waals surface area contributed by atoms with Crippen molar-refractivity contribution in [2.75, 3.05) is 5.32 Å². The highest BCUT2D eigenvalue weighted by Gasteiger charge is 2.19. The summed E-state index contributed by atoms with van der Waals surface area (Å²) in [6.07, 6.45) is 0. The second-order valence-electron chi connectivity index (χ2n) is 5.11. The van der Waals surface area contributed by atoms with Crippen molar-refractivity contribution in [2.24, 2.45) is 0 Å². The van der Waals surface area contributed by atoms with Crippen LogP contribution in [0.4, 0.5) is 18.9 Å². The number of nitrogens with zero attached hydrogens (tertiary/aromatic N) is 3. The minimum Gasteiger partial charge on any atom is -0.318 e. The molecule has 0 aliphatic carbocycles. The fourth-order valence-electron chi connectivity index (χ4n) is 2.17. The molecule has 0 atom stereocenters. The molecule has 9 heteroatoms. The molecule has 5 nitrogen and oxygen atoms in total. The minimum absolute atomic E-state index is 0.0656. The Morgan fingerprint density at radius 1 is 1.12 bits per heavy atom. The van der Waals surface area contributed by atoms with Gasteiger partial charge in [-0.1, -0.05) is 16.8 Å². The summed E-state index contributed by atoms with van der Waals surface area (Å²) in [5, 5.41) is 9.77. The molecule has 0 saturated heterocycles. The maximum atomic E-state index is 13.6. The van der Waals surface area contributed by atoms with Crippen LogP contribution in [-0.2, 0) is 0 Å². The van der Waals surface area contributed by atoms with E-state index >= 15 is 0 Å². The smallest absolute Gasteiger partial charge is 0.278 e. The van der Waals surface area contributed by atoms with Crippen LogP contribution in [0.25, 0.3) is 5.69 Å². The molecule has 0 aliphatic rings. The number of benzene rings is 2. The lowest BCUT2D eigenvalue weighted by atomic mass is 10.2. The van der Waals surface area contributed by atoms with Gasteiger partial charge in [0.25, 0.3) is 5.91 Å². The van der Waals surface area contributed by atoms with Crippen molar-refractivity contribution in [3.05, 3.63) is 70.3 Å². The first kappa shape index (κ1) is 17.0. The lowest BCUT2D eigenvalue weighted by Gasteiger charge is -2.06. The molecule has 0 radical (unpaired) electrons. The Morgan fingerprint density at radius 2 is 1.88 bits per heavy atom. The first-order chi connectivity index (χ1) is 11.9. The fourth-order valence-corrected chi connectivity index (χ4v) is 2.35. The third kappa shape index (κ3) is 3.34. The standard InChI is InChI=1S/C16H10ClF3N4O/c1-8-15(16(25)21-14-5-2-9(18)6-13(14)20)22-23-24(8)10-3-4-12(19)11(17)7-10/h2-7H,1H3,(H,21,25). The number of anilines is 1. The Bertz CT molecular complexity index is 974. The molecule has 128 valence electrons. The van der Waals surface area contributed by atoms with E-state index in [-0.39, 0.29) is 16.4 Å². The largest absolute Gasteiger partial charge is 0.318 e. The topological polar surface area (TPSA) is 59.8 Å². The quantitative estimate of drug-likeness (QED) is 0.764. The molecule has 0 fully saturated rings. The van der Waals surface area contributed by atoms with Gasteiger partial charge < -0.3 is 5.32 Å². The van der Waals surface area contributed by atoms with Crippen molar-refractivity contribution in [1.82, 2.24) is 15.0 Å². The number of halogens is 4. The first-order valence-corrected chi connectivity index (χ1v) is 7.38. The number of hydrogen-bond acceptors (Lipinski definition) is 3. The average Bonchev–Trinajstić information content (AvgIpc) is 2.94. The number of nitrogens with one attached hydrogen (secondary N) is 1. The molecule has 25 heavy (non-hydrogen) atoms. The molecule has 0 saturated carbocycles. The van der Waals surface area contributed by atoms with E-state index in [1.807, 2.05) is 0 Å². The molecular weight excluding hydrogens is 357 g/mol. The number of amides is 1. The molecule has 2 aromatic carbocycles. The van der Waals surface area contributed by atoms with E-state index < -0.39 is 23.4 Å². The fraction of sp³-hybridized carbons (Fsp3) is 0.0625. The number of hydrogen-bond donors (Lipinski definition) is 1. The molecule has 0 spiro atoms. The zero-order valence-corrected chi connectivity index (χ0v) is 13.5. The molecule has 0 bridgehead atoms. The van der Waals surface area contributed by atoms with Crippen LogP contribution in [0.15, 0.2) is 36.4 Å². The SMILES string of the molecule is Cc1c(C(=O)Nc2ccc(F)cc2F)nnn1-c1ccc(F)c(Cl)c1. The van der Waals surface area contributed by atoms with E-state index in [0.717, 1.165) is 18.2 Å². The van der Waals surface area contributed by atoms with Crippen LogP contribution in [-0.4, -0.2) is 20.9 Å². The zero-order valence-electron chi connectivity index (χ0n) is 12.7. The summed E-state index contributed by atoms with van der Waals surface area (Å²) in [5.41, 5.74) is 0.487. The summed E-state index contributed by atoms with van der Waals surface area (Å²) in [5.74, 6) is -2.98. The number of rotatable bonds is 3. The highest BCUT2D eigenvalue weighted by molar-refractivity contribution is 6.30. The van der Waals surface area contributed by atoms with Gasteiger partial charge in [0.15, 0.2) is 5.69 Å². The van der Waals surface area contributed by atoms with Crippen LogP contribution in [0.3, 0.4) is 0 Å². The lowest BCUT2D eigenvalue weighted by Crippen LogP contribution is -2.15. The van der Waals surface area contributed by atoms with Gasteiger partial charge in [-0.05, 0) is 37.3 Å². The Hall–Kier alpha value is -2.87. The molecule has 1 aromatic heterocycles. The summed E-state index contributed by atoms with van der Waals surface area (Å²) in [6, 6.07) is 6.68. The van der Waals surface area contributed by atoms with Crippen LogP contribution >= 0.6 is 11.6 Å². The molecule has 1 amide bonds. The second kappa shape index (κ2) is 6.56. The van der Waals surface area contributed by atoms with Crippen molar-refractivity contribution in [3.8, 4) is 5.69 Å². The Labute approximate surface area is 145 Å². The lowest BCUT2D eigenvalue weighted by molar-refractivity contribution is 0.102. The predicted octanol–water partition coefficient (Wildman–Crippen LogP) is 3.90. The average molecular weight is 367 g/mol. The predicted molar refractivity (Wildman–Crippen MR) is 85.4 cm³/mol. The van der Waals surface area contributed by atoms with Gasteiger partial charge >= 0.3 is 0 Å². The summed E-state index contributed by atoms with van der Waals surface area (Å²) in [4.78, 5) is 12.3. The van der Waals surface area contributed by atoms with Gasteiger partial charge in [0.05, 0.1) is 22.1 Å². The van der Waals surface area contributed by atoms with Crippen LogP contribution in [0.2, 0.25) is 5.02 Å². The van der Waals surface area contributed by atoms with Gasteiger partial charge in [0, 0.05) is 6.07 Å². The Morgan fingerprint density at radius 3 is 2.56 bits per heavy atom. The highest BCUT2D eigenvalue weighted by atomic mass is 35.5. The summed E-state index contributed by atoms with van der Waals surface area (Å²) < 4.78 is 41.1. The van der Waals surface area contributed by atoms with Gasteiger partial charge in [-0.15, -0.1) is 5.10 Å². The normalized spacial score (nSPS) is 10.8. The van der Waals surface area contributed by atoms with Gasteiger partial charge in [0.1, 0.15) is 17.5 Å². The Balaban J connectivity index is 1.89. The summed E-state index contributed by atoms with van der Waals surface area (Å²) >= 11 is 5.73. The van der Waals surface area contributed by atoms with Crippen molar-refractivity contribution in [2.45, 2.75) is 6.92 Å². The van der Waals surface area contributed by atoms with Crippen LogP contribution in [0.1, 0.15) is 16.2 Å². The van der Waals surface area contributed by atoms with E-state index in [2.05, 4.69) is 15.6 Å². The molecular formula is C16H10ClF3N4O. The molecule has 0 unspecified atom stereocenters. The third-order valence-corrected chi connectivity index (χ3v) is 3.73. The van der Waals surface area contributed by atoms with E-state index in [0.29, 0.717) is 17.4 Å². The number of aromatic nitrogens is 3. The number of carbonyl (C=O) groups is 1. The van der Waals surface area contributed by atoms with Gasteiger partial charge in [-0.3, -0.25) is 4.79 Å². The van der Waals surface area contributed by atoms with E-state index in [9.17, 15) is 18.0 Å². The molecule has 3 rings (SSSR count). The van der Waals surface area contributed by atoms with Gasteiger partial charge in [0.2, 0.25) is 0 Å². The Kier molecular flexibility index (Phi) is 4.45. The van der Waals surface area contributed by atoms with E-state index in [1.54, 1.807) is 6.92 Å². The van der Waals surface area contributed by atoms with Crippen LogP contribution < -0.4 is 5.32 Å². The monoisotopic (exact) mass is 366 g/mol. The maximum absolute atomic E-state index is 13.6. The third-order valence-electron chi connectivity index (χ3n) is 3.44. The second-order valence-corrected chi connectivity index (χ2v) is 5.52. The van der Waals surface area contributed by atoms with Crippen molar-refractivity contribution in [1.29, 1.82) is 0 Å². The first-order valence-electron chi connectivity index (χ1n) is 7.01. The number of carbonyl (C=O) groups excluding carboxylic acids is 1. The van der Waals surface area contributed by atoms with Crippen LogP contribution in [0, 0.1) is 24.4 Å². The molecule has 1 heterocycles. The minimum atomic E-state index is -0.913. The van der Waals surface area contributed by atoms with E-state index in [1.165, 1.54) is 16.8 Å². The van der Waals surface area contributed by atoms with Crippen molar-refractivity contribution >= 4 is 23.2 Å². The summed E-state index contributed by atoms with van der Waals surface area (Å²) in [7, 11) is 0. The van der Waals surface area contributed by atoms with Gasteiger partial charge in [-0.25, -0.2) is 17.9 Å². The van der Waals surface area contributed by atoms with Gasteiger partial charge in [-0.2, -0.15) is 0 Å². The molecule has 1 N–H and O–H groups in total. The maximum Gasteiger partial charge on any atom is 0.278 e. The van der Waals surface area contributed by atoms with Crippen LogP contribution in [0.5, 0.6) is 0 Å². The highest BCUT2D eigenvalue weighted by Crippen LogP contribution is 2.21. The zero-order chi connectivity index (χ0) is 18.1. The van der Waals surface area contributed by atoms with E-state index in [4.69, 9.17) is 11.6 Å². The van der Waals surface area contributed by atoms with Crippen molar-refractivity contribution in [3.63, 3.8) is 0 Å². The van der Waals surface area contributed by atoms with Crippen molar-refractivity contribution < 1.29 is 18.0 Å². The molecule has 0 aliphatic heterocycles.